The third kappa shape index (κ3) is 2.05. The van der Waals surface area contributed by atoms with E-state index in [1.165, 1.54) is 5.57 Å². The van der Waals surface area contributed by atoms with E-state index in [2.05, 4.69) is 0 Å². The first-order chi connectivity index (χ1) is 7.33. The second kappa shape index (κ2) is 3.84. The van der Waals surface area contributed by atoms with E-state index in [0.717, 1.165) is 12.8 Å². The third-order valence-electron chi connectivity index (χ3n) is 3.85. The molecular weight excluding hydrogens is 224 g/mol. The molecule has 92 valence electrons. The van der Waals surface area contributed by atoms with Gasteiger partial charge >= 0.3 is 0 Å². The Morgan fingerprint density at radius 2 is 1.81 bits per heavy atom. The quantitative estimate of drug-likeness (QED) is 0.754. The lowest BCUT2D eigenvalue weighted by Gasteiger charge is -2.35. The molecule has 2 saturated heterocycles. The van der Waals surface area contributed by atoms with Gasteiger partial charge in [-0.25, -0.2) is 8.42 Å². The summed E-state index contributed by atoms with van der Waals surface area (Å²) in [4.78, 5) is 0. The molecule has 16 heavy (non-hydrogen) atoms. The summed E-state index contributed by atoms with van der Waals surface area (Å²) in [5.41, 5.74) is 0.392. The summed E-state index contributed by atoms with van der Waals surface area (Å²) in [6, 6.07) is 0. The highest BCUT2D eigenvalue weighted by Gasteiger charge is 2.51. The average molecular weight is 244 g/mol. The van der Waals surface area contributed by atoms with Crippen LogP contribution in [0.3, 0.4) is 0 Å². The normalized spacial score (nSPS) is 40.7. The second-order valence-corrected chi connectivity index (χ2v) is 8.04. The van der Waals surface area contributed by atoms with E-state index < -0.39 is 15.4 Å². The summed E-state index contributed by atoms with van der Waals surface area (Å²) < 4.78 is 23.7. The SMILES string of the molecule is CC(C)=CCC1(O)CC2CCC(C1)S2(=O)=O. The molecule has 2 heterocycles. The lowest BCUT2D eigenvalue weighted by atomic mass is 9.89. The van der Waals surface area contributed by atoms with Gasteiger partial charge < -0.3 is 5.11 Å². The van der Waals surface area contributed by atoms with Gasteiger partial charge in [0.2, 0.25) is 0 Å². The predicted molar refractivity (Wildman–Crippen MR) is 64.0 cm³/mol. The molecule has 1 N–H and O–H groups in total. The van der Waals surface area contributed by atoms with Crippen molar-refractivity contribution in [2.24, 2.45) is 0 Å². The van der Waals surface area contributed by atoms with Crippen molar-refractivity contribution in [2.45, 2.75) is 62.1 Å². The molecule has 0 aromatic rings. The topological polar surface area (TPSA) is 54.4 Å². The summed E-state index contributed by atoms with van der Waals surface area (Å²) in [5.74, 6) is 0. The standard InChI is InChI=1S/C12H20O3S/c1-9(2)5-6-12(13)7-10-3-4-11(8-12)16(10,14)15/h5,10-11,13H,3-4,6-8H2,1-2H3. The first-order valence-electron chi connectivity index (χ1n) is 5.92. The van der Waals surface area contributed by atoms with Crippen LogP contribution in [-0.4, -0.2) is 29.6 Å². The highest BCUT2D eigenvalue weighted by atomic mass is 32.2. The number of fused-ring (bicyclic) bond motifs is 2. The number of hydrogen-bond acceptors (Lipinski definition) is 3. The van der Waals surface area contributed by atoms with Crippen LogP contribution >= 0.6 is 0 Å². The molecule has 2 rings (SSSR count). The molecule has 0 saturated carbocycles. The Kier molecular flexibility index (Phi) is 2.91. The minimum absolute atomic E-state index is 0.290. The average Bonchev–Trinajstić information content (AvgIpc) is 2.39. The minimum Gasteiger partial charge on any atom is -0.389 e. The van der Waals surface area contributed by atoms with Gasteiger partial charge in [0.05, 0.1) is 16.1 Å². The summed E-state index contributed by atoms with van der Waals surface area (Å²) in [7, 11) is -2.92. The predicted octanol–water partition coefficient (Wildman–Crippen LogP) is 1.81. The molecule has 2 bridgehead atoms. The van der Waals surface area contributed by atoms with Crippen molar-refractivity contribution in [1.82, 2.24) is 0 Å². The minimum atomic E-state index is -2.92. The summed E-state index contributed by atoms with van der Waals surface area (Å²) in [6.07, 6.45) is 4.94. The molecule has 2 aliphatic heterocycles. The van der Waals surface area contributed by atoms with Crippen LogP contribution in [0.4, 0.5) is 0 Å². The zero-order valence-electron chi connectivity index (χ0n) is 9.94. The van der Waals surface area contributed by atoms with E-state index in [0.29, 0.717) is 19.3 Å². The highest BCUT2D eigenvalue weighted by Crippen LogP contribution is 2.44. The number of sulfone groups is 1. The first kappa shape index (κ1) is 12.1. The smallest absolute Gasteiger partial charge is 0.156 e. The Labute approximate surface area is 97.5 Å². The maximum Gasteiger partial charge on any atom is 0.156 e. The maximum absolute atomic E-state index is 11.9. The van der Waals surface area contributed by atoms with Crippen LogP contribution in [-0.2, 0) is 9.84 Å². The molecule has 0 aromatic heterocycles. The third-order valence-corrected chi connectivity index (χ3v) is 6.51. The van der Waals surface area contributed by atoms with Crippen LogP contribution in [0.5, 0.6) is 0 Å². The molecule has 0 aliphatic carbocycles. The monoisotopic (exact) mass is 244 g/mol. The molecule has 2 unspecified atom stereocenters. The zero-order valence-corrected chi connectivity index (χ0v) is 10.8. The Hall–Kier alpha value is -0.350. The molecule has 0 radical (unpaired) electrons. The van der Waals surface area contributed by atoms with Crippen molar-refractivity contribution in [3.05, 3.63) is 11.6 Å². The van der Waals surface area contributed by atoms with Crippen molar-refractivity contribution in [3.63, 3.8) is 0 Å². The van der Waals surface area contributed by atoms with Crippen LogP contribution in [0.25, 0.3) is 0 Å². The van der Waals surface area contributed by atoms with Crippen LogP contribution in [0, 0.1) is 0 Å². The number of rotatable bonds is 2. The van der Waals surface area contributed by atoms with Gasteiger partial charge in [0.1, 0.15) is 0 Å². The van der Waals surface area contributed by atoms with Gasteiger partial charge in [-0.3, -0.25) is 0 Å². The molecule has 4 heteroatoms. The Morgan fingerprint density at radius 3 is 2.25 bits per heavy atom. The number of allylic oxidation sites excluding steroid dienone is 1. The summed E-state index contributed by atoms with van der Waals surface area (Å²) in [6.45, 7) is 4.00. The van der Waals surface area contributed by atoms with Crippen LogP contribution < -0.4 is 0 Å². The van der Waals surface area contributed by atoms with Crippen molar-refractivity contribution in [3.8, 4) is 0 Å². The number of hydrogen-bond donors (Lipinski definition) is 1. The fourth-order valence-electron chi connectivity index (χ4n) is 2.90. The first-order valence-corrected chi connectivity index (χ1v) is 7.53. The van der Waals surface area contributed by atoms with Crippen LogP contribution in [0.15, 0.2) is 11.6 Å². The van der Waals surface area contributed by atoms with Gasteiger partial charge in [-0.15, -0.1) is 0 Å². The Morgan fingerprint density at radius 1 is 1.31 bits per heavy atom. The van der Waals surface area contributed by atoms with E-state index in [-0.39, 0.29) is 10.5 Å². The van der Waals surface area contributed by atoms with Gasteiger partial charge in [0.25, 0.3) is 0 Å². The molecule has 2 atom stereocenters. The van der Waals surface area contributed by atoms with E-state index >= 15 is 0 Å². The van der Waals surface area contributed by atoms with Gasteiger partial charge in [-0.05, 0) is 46.0 Å². The van der Waals surface area contributed by atoms with Gasteiger partial charge in [-0.2, -0.15) is 0 Å². The number of aliphatic hydroxyl groups is 1. The fourth-order valence-corrected chi connectivity index (χ4v) is 5.46. The Balaban J connectivity index is 2.15. The fraction of sp³-hybridized carbons (Fsp3) is 0.833. The molecule has 2 aliphatic rings. The van der Waals surface area contributed by atoms with Crippen molar-refractivity contribution < 1.29 is 13.5 Å². The van der Waals surface area contributed by atoms with Crippen LogP contribution in [0.1, 0.15) is 46.0 Å². The molecular formula is C12H20O3S. The van der Waals surface area contributed by atoms with Crippen LogP contribution in [0.2, 0.25) is 0 Å². The van der Waals surface area contributed by atoms with E-state index in [9.17, 15) is 13.5 Å². The summed E-state index contributed by atoms with van der Waals surface area (Å²) >= 11 is 0. The van der Waals surface area contributed by atoms with E-state index in [1.54, 1.807) is 0 Å². The molecule has 0 spiro atoms. The summed E-state index contributed by atoms with van der Waals surface area (Å²) in [5, 5.41) is 9.84. The van der Waals surface area contributed by atoms with Gasteiger partial charge in [-0.1, -0.05) is 11.6 Å². The van der Waals surface area contributed by atoms with Gasteiger partial charge in [0, 0.05) is 0 Å². The molecule has 2 fully saturated rings. The van der Waals surface area contributed by atoms with Crippen molar-refractivity contribution in [2.75, 3.05) is 0 Å². The van der Waals surface area contributed by atoms with E-state index in [1.807, 2.05) is 19.9 Å². The molecule has 3 nitrogen and oxygen atoms in total. The molecule has 0 aromatic carbocycles. The largest absolute Gasteiger partial charge is 0.389 e. The Bertz CT molecular complexity index is 384. The highest BCUT2D eigenvalue weighted by molar-refractivity contribution is 7.93. The van der Waals surface area contributed by atoms with Gasteiger partial charge in [0.15, 0.2) is 9.84 Å². The van der Waals surface area contributed by atoms with Crippen molar-refractivity contribution in [1.29, 1.82) is 0 Å². The molecule has 0 amide bonds. The van der Waals surface area contributed by atoms with Crippen molar-refractivity contribution >= 4 is 9.84 Å². The lowest BCUT2D eigenvalue weighted by Crippen LogP contribution is -2.44. The maximum atomic E-state index is 11.9. The zero-order chi connectivity index (χ0) is 12.0. The second-order valence-electron chi connectivity index (χ2n) is 5.53. The lowest BCUT2D eigenvalue weighted by molar-refractivity contribution is 0.0243. The van der Waals surface area contributed by atoms with E-state index in [4.69, 9.17) is 0 Å².